The smallest absolute Gasteiger partial charge is 0.305 e. The molecule has 0 aromatic heterocycles. The summed E-state index contributed by atoms with van der Waals surface area (Å²) in [6.07, 6.45) is 7.05. The first-order valence-electron chi connectivity index (χ1n) is 5.21. The highest BCUT2D eigenvalue weighted by Gasteiger charge is 1.98. The van der Waals surface area contributed by atoms with E-state index < -0.39 is 0 Å². The van der Waals surface area contributed by atoms with Gasteiger partial charge in [-0.05, 0) is 12.8 Å². The van der Waals surface area contributed by atoms with Gasteiger partial charge >= 0.3 is 5.97 Å². The van der Waals surface area contributed by atoms with Gasteiger partial charge in [0.1, 0.15) is 0 Å². The molecule has 0 saturated carbocycles. The number of carbonyl (C=O) groups excluding carboxylic acids is 1. The molecule has 3 heteroatoms. The molecule has 0 N–H and O–H groups in total. The zero-order chi connectivity index (χ0) is 10.6. The van der Waals surface area contributed by atoms with Crippen molar-refractivity contribution in [1.29, 1.82) is 0 Å². The largest absolute Gasteiger partial charge is 0.469 e. The summed E-state index contributed by atoms with van der Waals surface area (Å²) < 4.78 is 4.54. The Hall–Kier alpha value is -1.04. The Labute approximate surface area is 86.3 Å². The van der Waals surface area contributed by atoms with Crippen molar-refractivity contribution >= 4 is 5.97 Å². The zero-order valence-corrected chi connectivity index (χ0v) is 8.92. The van der Waals surface area contributed by atoms with E-state index in [0.29, 0.717) is 13.0 Å². The van der Waals surface area contributed by atoms with Crippen LogP contribution in [-0.4, -0.2) is 19.6 Å². The van der Waals surface area contributed by atoms with Gasteiger partial charge in [0.2, 0.25) is 6.54 Å². The molecule has 0 aliphatic rings. The summed E-state index contributed by atoms with van der Waals surface area (Å²) in [5.41, 5.74) is 0. The number of unbranched alkanes of at least 4 members (excludes halogenated alkanes) is 5. The van der Waals surface area contributed by atoms with E-state index in [0.717, 1.165) is 32.1 Å². The Morgan fingerprint density at radius 2 is 1.71 bits per heavy atom. The van der Waals surface area contributed by atoms with Crippen LogP contribution in [0.15, 0.2) is 0 Å². The fraction of sp³-hybridized carbons (Fsp3) is 0.818. The molecule has 0 amide bonds. The van der Waals surface area contributed by atoms with E-state index in [-0.39, 0.29) is 5.97 Å². The van der Waals surface area contributed by atoms with Crippen molar-refractivity contribution in [3.05, 3.63) is 11.4 Å². The second-order valence-corrected chi connectivity index (χ2v) is 3.33. The van der Waals surface area contributed by atoms with E-state index in [1.165, 1.54) is 13.5 Å². The lowest BCUT2D eigenvalue weighted by atomic mass is 10.1. The van der Waals surface area contributed by atoms with Crippen molar-refractivity contribution in [2.24, 2.45) is 0 Å². The normalized spacial score (nSPS) is 9.43. The third kappa shape index (κ3) is 9.05. The molecule has 0 spiro atoms. The highest BCUT2D eigenvalue weighted by atomic mass is 16.5. The number of hydrogen-bond donors (Lipinski definition) is 0. The Balaban J connectivity index is 3.00. The standard InChI is InChI=1S/C11H19NO2/c1-12-10-8-6-4-3-5-7-9-11(13)14-2/h3-10H2,2H3. The van der Waals surface area contributed by atoms with Gasteiger partial charge in [-0.1, -0.05) is 19.3 Å². The second kappa shape index (κ2) is 10.0. The minimum atomic E-state index is -0.113. The summed E-state index contributed by atoms with van der Waals surface area (Å²) in [4.78, 5) is 14.0. The number of esters is 1. The minimum Gasteiger partial charge on any atom is -0.469 e. The average Bonchev–Trinajstić information content (AvgIpc) is 2.21. The van der Waals surface area contributed by atoms with Crippen LogP contribution in [0.1, 0.15) is 44.9 Å². The van der Waals surface area contributed by atoms with Crippen LogP contribution in [0.4, 0.5) is 0 Å². The van der Waals surface area contributed by atoms with Crippen molar-refractivity contribution in [2.75, 3.05) is 13.7 Å². The van der Waals surface area contributed by atoms with Crippen LogP contribution in [-0.2, 0) is 9.53 Å². The first-order chi connectivity index (χ1) is 6.81. The summed E-state index contributed by atoms with van der Waals surface area (Å²) in [7, 11) is 1.42. The quantitative estimate of drug-likeness (QED) is 0.340. The number of rotatable bonds is 8. The molecular weight excluding hydrogens is 178 g/mol. The molecule has 0 heterocycles. The monoisotopic (exact) mass is 197 g/mol. The van der Waals surface area contributed by atoms with E-state index in [4.69, 9.17) is 6.57 Å². The number of ether oxygens (including phenoxy) is 1. The molecular formula is C11H19NO2. The fourth-order valence-corrected chi connectivity index (χ4v) is 1.27. The lowest BCUT2D eigenvalue weighted by molar-refractivity contribution is -0.140. The van der Waals surface area contributed by atoms with Crippen molar-refractivity contribution in [2.45, 2.75) is 44.9 Å². The average molecular weight is 197 g/mol. The molecule has 0 aromatic rings. The molecule has 0 aliphatic carbocycles. The van der Waals surface area contributed by atoms with Crippen LogP contribution >= 0.6 is 0 Å². The van der Waals surface area contributed by atoms with Gasteiger partial charge in [0.25, 0.3) is 0 Å². The van der Waals surface area contributed by atoms with Crippen molar-refractivity contribution in [1.82, 2.24) is 0 Å². The van der Waals surface area contributed by atoms with E-state index >= 15 is 0 Å². The molecule has 0 atom stereocenters. The Morgan fingerprint density at radius 1 is 1.14 bits per heavy atom. The summed E-state index contributed by atoms with van der Waals surface area (Å²) >= 11 is 0. The Bertz CT molecular complexity index is 184. The molecule has 0 unspecified atom stereocenters. The molecule has 80 valence electrons. The molecule has 0 fully saturated rings. The van der Waals surface area contributed by atoms with Gasteiger partial charge in [0.05, 0.1) is 7.11 Å². The zero-order valence-electron chi connectivity index (χ0n) is 8.92. The predicted molar refractivity (Wildman–Crippen MR) is 55.8 cm³/mol. The van der Waals surface area contributed by atoms with Gasteiger partial charge in [0.15, 0.2) is 0 Å². The number of carbonyl (C=O) groups is 1. The SMILES string of the molecule is [C-]#[N+]CCCCCCCCC(=O)OC. The topological polar surface area (TPSA) is 30.7 Å². The number of nitrogens with zero attached hydrogens (tertiary/aromatic N) is 1. The van der Waals surface area contributed by atoms with Crippen LogP contribution in [0.25, 0.3) is 4.85 Å². The third-order valence-corrected chi connectivity index (χ3v) is 2.13. The maximum atomic E-state index is 10.7. The predicted octanol–water partition coefficient (Wildman–Crippen LogP) is 2.81. The molecule has 0 aromatic carbocycles. The Kier molecular flexibility index (Phi) is 9.30. The lowest BCUT2D eigenvalue weighted by Gasteiger charge is -1.99. The number of methoxy groups -OCH3 is 1. The molecule has 14 heavy (non-hydrogen) atoms. The van der Waals surface area contributed by atoms with E-state index in [9.17, 15) is 4.79 Å². The molecule has 0 aliphatic heterocycles. The van der Waals surface area contributed by atoms with E-state index in [2.05, 4.69) is 9.58 Å². The van der Waals surface area contributed by atoms with Crippen molar-refractivity contribution < 1.29 is 9.53 Å². The van der Waals surface area contributed by atoms with Gasteiger partial charge in [-0.25, -0.2) is 6.57 Å². The van der Waals surface area contributed by atoms with Gasteiger partial charge in [0, 0.05) is 12.8 Å². The second-order valence-electron chi connectivity index (χ2n) is 3.33. The van der Waals surface area contributed by atoms with Gasteiger partial charge in [-0.2, -0.15) is 0 Å². The van der Waals surface area contributed by atoms with Crippen LogP contribution in [0.5, 0.6) is 0 Å². The first-order valence-corrected chi connectivity index (χ1v) is 5.21. The Morgan fingerprint density at radius 3 is 2.29 bits per heavy atom. The first kappa shape index (κ1) is 13.0. The summed E-state index contributed by atoms with van der Waals surface area (Å²) in [6, 6.07) is 0. The molecule has 0 bridgehead atoms. The molecule has 3 nitrogen and oxygen atoms in total. The molecule has 0 radical (unpaired) electrons. The highest BCUT2D eigenvalue weighted by molar-refractivity contribution is 5.68. The van der Waals surface area contributed by atoms with E-state index in [1.807, 2.05) is 0 Å². The van der Waals surface area contributed by atoms with Gasteiger partial charge in [-0.3, -0.25) is 4.79 Å². The third-order valence-electron chi connectivity index (χ3n) is 2.13. The minimum absolute atomic E-state index is 0.113. The maximum Gasteiger partial charge on any atom is 0.305 e. The van der Waals surface area contributed by atoms with Crippen LogP contribution in [0.3, 0.4) is 0 Å². The number of hydrogen-bond acceptors (Lipinski definition) is 2. The van der Waals surface area contributed by atoms with Crippen LogP contribution in [0, 0.1) is 6.57 Å². The summed E-state index contributed by atoms with van der Waals surface area (Å²) in [5, 5.41) is 0. The van der Waals surface area contributed by atoms with Gasteiger partial charge < -0.3 is 9.58 Å². The van der Waals surface area contributed by atoms with Crippen molar-refractivity contribution in [3.8, 4) is 0 Å². The highest BCUT2D eigenvalue weighted by Crippen LogP contribution is 2.07. The van der Waals surface area contributed by atoms with Crippen molar-refractivity contribution in [3.63, 3.8) is 0 Å². The molecule has 0 rings (SSSR count). The maximum absolute atomic E-state index is 10.7. The van der Waals surface area contributed by atoms with Gasteiger partial charge in [-0.15, -0.1) is 0 Å². The fourth-order valence-electron chi connectivity index (χ4n) is 1.27. The lowest BCUT2D eigenvalue weighted by Crippen LogP contribution is -1.99. The van der Waals surface area contributed by atoms with Crippen LogP contribution < -0.4 is 0 Å². The summed E-state index contributed by atoms with van der Waals surface area (Å²) in [6.45, 7) is 7.25. The molecule has 0 saturated heterocycles. The van der Waals surface area contributed by atoms with E-state index in [1.54, 1.807) is 0 Å². The summed E-state index contributed by atoms with van der Waals surface area (Å²) in [5.74, 6) is -0.113. The van der Waals surface area contributed by atoms with Crippen LogP contribution in [0.2, 0.25) is 0 Å².